The van der Waals surface area contributed by atoms with E-state index in [-0.39, 0.29) is 30.1 Å². The number of benzene rings is 1. The molecule has 0 amide bonds. The SMILES string of the molecule is CCNC(=NCc1ccc(C)cc1OC(C)CC)NCCc1ccccn1.I. The Morgan fingerprint density at radius 2 is 2.00 bits per heavy atom. The normalized spacial score (nSPS) is 12.1. The van der Waals surface area contributed by atoms with Gasteiger partial charge in [-0.1, -0.05) is 25.1 Å². The average molecular weight is 496 g/mol. The third-order valence-corrected chi connectivity index (χ3v) is 4.28. The number of guanidine groups is 1. The summed E-state index contributed by atoms with van der Waals surface area (Å²) in [5, 5.41) is 6.68. The van der Waals surface area contributed by atoms with E-state index < -0.39 is 0 Å². The molecule has 28 heavy (non-hydrogen) atoms. The first kappa shape index (κ1) is 24.2. The molecule has 5 nitrogen and oxygen atoms in total. The van der Waals surface area contributed by atoms with Gasteiger partial charge in [-0.15, -0.1) is 24.0 Å². The summed E-state index contributed by atoms with van der Waals surface area (Å²) in [7, 11) is 0. The van der Waals surface area contributed by atoms with Crippen LogP contribution in [0.3, 0.4) is 0 Å². The second kappa shape index (κ2) is 13.4. The van der Waals surface area contributed by atoms with E-state index in [0.717, 1.165) is 48.9 Å². The lowest BCUT2D eigenvalue weighted by atomic mass is 10.1. The molecule has 1 atom stereocenters. The predicted molar refractivity (Wildman–Crippen MR) is 128 cm³/mol. The Morgan fingerprint density at radius 1 is 1.18 bits per heavy atom. The number of ether oxygens (including phenoxy) is 1. The van der Waals surface area contributed by atoms with E-state index in [1.807, 2.05) is 24.4 Å². The van der Waals surface area contributed by atoms with Crippen molar-refractivity contribution in [2.45, 2.75) is 53.2 Å². The molecule has 1 aromatic heterocycles. The van der Waals surface area contributed by atoms with Crippen molar-refractivity contribution in [2.75, 3.05) is 13.1 Å². The number of hydrogen-bond donors (Lipinski definition) is 2. The number of nitrogens with one attached hydrogen (secondary N) is 2. The molecule has 0 saturated carbocycles. The lowest BCUT2D eigenvalue weighted by Gasteiger charge is -2.17. The van der Waals surface area contributed by atoms with Crippen LogP contribution >= 0.6 is 24.0 Å². The Balaban J connectivity index is 0.00000392. The van der Waals surface area contributed by atoms with Gasteiger partial charge in [-0.2, -0.15) is 0 Å². The third kappa shape index (κ3) is 8.46. The lowest BCUT2D eigenvalue weighted by Crippen LogP contribution is -2.38. The van der Waals surface area contributed by atoms with Crippen molar-refractivity contribution in [1.82, 2.24) is 15.6 Å². The minimum Gasteiger partial charge on any atom is -0.490 e. The van der Waals surface area contributed by atoms with Crippen molar-refractivity contribution in [1.29, 1.82) is 0 Å². The van der Waals surface area contributed by atoms with Gasteiger partial charge in [0.05, 0.1) is 12.6 Å². The van der Waals surface area contributed by atoms with Gasteiger partial charge in [-0.05, 0) is 51.0 Å². The van der Waals surface area contributed by atoms with E-state index in [0.29, 0.717) is 6.54 Å². The average Bonchev–Trinajstić information content (AvgIpc) is 2.68. The van der Waals surface area contributed by atoms with Crippen LogP contribution in [0.25, 0.3) is 0 Å². The molecule has 2 N–H and O–H groups in total. The predicted octanol–water partition coefficient (Wildman–Crippen LogP) is 4.48. The van der Waals surface area contributed by atoms with Crippen LogP contribution in [-0.2, 0) is 13.0 Å². The minimum absolute atomic E-state index is 0. The molecule has 1 unspecified atom stereocenters. The van der Waals surface area contributed by atoms with E-state index in [1.165, 1.54) is 5.56 Å². The molecule has 0 aliphatic heterocycles. The molecular weight excluding hydrogens is 463 g/mol. The molecule has 0 saturated heterocycles. The smallest absolute Gasteiger partial charge is 0.191 e. The van der Waals surface area contributed by atoms with Crippen molar-refractivity contribution >= 4 is 29.9 Å². The van der Waals surface area contributed by atoms with E-state index in [2.05, 4.69) is 61.5 Å². The van der Waals surface area contributed by atoms with Crippen LogP contribution < -0.4 is 15.4 Å². The summed E-state index contributed by atoms with van der Waals surface area (Å²) in [4.78, 5) is 9.09. The van der Waals surface area contributed by atoms with Gasteiger partial charge in [-0.3, -0.25) is 4.98 Å². The molecule has 0 bridgehead atoms. The zero-order chi connectivity index (χ0) is 19.5. The van der Waals surface area contributed by atoms with Crippen LogP contribution in [0, 0.1) is 6.92 Å². The number of aliphatic imine (C=N–C) groups is 1. The Hall–Kier alpha value is -1.83. The quantitative estimate of drug-likeness (QED) is 0.305. The number of rotatable bonds is 9. The summed E-state index contributed by atoms with van der Waals surface area (Å²) >= 11 is 0. The molecule has 0 radical (unpaired) electrons. The largest absolute Gasteiger partial charge is 0.490 e. The fraction of sp³-hybridized carbons (Fsp3) is 0.455. The first-order valence-electron chi connectivity index (χ1n) is 9.80. The van der Waals surface area contributed by atoms with Gasteiger partial charge in [0.2, 0.25) is 0 Å². The highest BCUT2D eigenvalue weighted by atomic mass is 127. The zero-order valence-electron chi connectivity index (χ0n) is 17.4. The van der Waals surface area contributed by atoms with Crippen LogP contribution in [0.2, 0.25) is 0 Å². The molecule has 0 spiro atoms. The van der Waals surface area contributed by atoms with Gasteiger partial charge in [-0.25, -0.2) is 4.99 Å². The number of aromatic nitrogens is 1. The van der Waals surface area contributed by atoms with E-state index in [9.17, 15) is 0 Å². The first-order chi connectivity index (χ1) is 13.1. The highest BCUT2D eigenvalue weighted by Gasteiger charge is 2.08. The monoisotopic (exact) mass is 496 g/mol. The molecule has 6 heteroatoms. The summed E-state index contributed by atoms with van der Waals surface area (Å²) in [6.07, 6.45) is 3.86. The fourth-order valence-electron chi connectivity index (χ4n) is 2.56. The topological polar surface area (TPSA) is 58.5 Å². The highest BCUT2D eigenvalue weighted by Crippen LogP contribution is 2.23. The van der Waals surface area contributed by atoms with Crippen molar-refractivity contribution in [3.8, 4) is 5.75 Å². The van der Waals surface area contributed by atoms with Gasteiger partial charge < -0.3 is 15.4 Å². The molecule has 0 fully saturated rings. The van der Waals surface area contributed by atoms with Crippen LogP contribution in [0.15, 0.2) is 47.6 Å². The molecule has 1 heterocycles. The van der Waals surface area contributed by atoms with Gasteiger partial charge in [0.15, 0.2) is 5.96 Å². The molecule has 0 aliphatic carbocycles. The minimum atomic E-state index is 0. The molecular formula is C22H33IN4O. The summed E-state index contributed by atoms with van der Waals surface area (Å²) in [5.74, 6) is 1.74. The summed E-state index contributed by atoms with van der Waals surface area (Å²) in [5.41, 5.74) is 3.37. The van der Waals surface area contributed by atoms with E-state index in [4.69, 9.17) is 9.73 Å². The third-order valence-electron chi connectivity index (χ3n) is 4.28. The summed E-state index contributed by atoms with van der Waals surface area (Å²) in [6.45, 7) is 10.6. The molecule has 154 valence electrons. The van der Waals surface area contributed by atoms with Gasteiger partial charge in [0.1, 0.15) is 5.75 Å². The fourth-order valence-corrected chi connectivity index (χ4v) is 2.56. The maximum absolute atomic E-state index is 6.09. The zero-order valence-corrected chi connectivity index (χ0v) is 19.7. The Morgan fingerprint density at radius 3 is 2.68 bits per heavy atom. The van der Waals surface area contributed by atoms with Crippen molar-refractivity contribution < 1.29 is 4.74 Å². The molecule has 0 aliphatic rings. The van der Waals surface area contributed by atoms with Crippen LogP contribution in [0.5, 0.6) is 5.75 Å². The number of aryl methyl sites for hydroxylation is 1. The maximum Gasteiger partial charge on any atom is 0.191 e. The van der Waals surface area contributed by atoms with Crippen molar-refractivity contribution in [3.05, 3.63) is 59.4 Å². The second-order valence-electron chi connectivity index (χ2n) is 6.64. The molecule has 2 aromatic rings. The number of pyridine rings is 1. The molecule has 2 rings (SSSR count). The first-order valence-corrected chi connectivity index (χ1v) is 9.80. The van der Waals surface area contributed by atoms with Gasteiger partial charge >= 0.3 is 0 Å². The van der Waals surface area contributed by atoms with E-state index >= 15 is 0 Å². The Kier molecular flexibility index (Phi) is 11.6. The molecule has 1 aromatic carbocycles. The Bertz CT molecular complexity index is 722. The number of nitrogens with zero attached hydrogens (tertiary/aromatic N) is 2. The van der Waals surface area contributed by atoms with Crippen LogP contribution in [0.4, 0.5) is 0 Å². The van der Waals surface area contributed by atoms with Crippen molar-refractivity contribution in [3.63, 3.8) is 0 Å². The van der Waals surface area contributed by atoms with Crippen LogP contribution in [0.1, 0.15) is 44.0 Å². The second-order valence-corrected chi connectivity index (χ2v) is 6.64. The lowest BCUT2D eigenvalue weighted by molar-refractivity contribution is 0.215. The number of halogens is 1. The standard InChI is InChI=1S/C22H32N4O.HI/c1-5-18(4)27-21-15-17(3)10-11-19(21)16-26-22(23-6-2)25-14-12-20-9-7-8-13-24-20;/h7-11,13,15,18H,5-6,12,14,16H2,1-4H3,(H2,23,25,26);1H. The number of hydrogen-bond acceptors (Lipinski definition) is 3. The van der Waals surface area contributed by atoms with E-state index in [1.54, 1.807) is 0 Å². The van der Waals surface area contributed by atoms with Gasteiger partial charge in [0, 0.05) is 37.0 Å². The Labute approximate surface area is 186 Å². The summed E-state index contributed by atoms with van der Waals surface area (Å²) in [6, 6.07) is 12.3. The maximum atomic E-state index is 6.09. The van der Waals surface area contributed by atoms with Crippen LogP contribution in [-0.4, -0.2) is 30.1 Å². The van der Waals surface area contributed by atoms with Gasteiger partial charge in [0.25, 0.3) is 0 Å². The summed E-state index contributed by atoms with van der Waals surface area (Å²) < 4.78 is 6.09. The van der Waals surface area contributed by atoms with Crippen molar-refractivity contribution in [2.24, 2.45) is 4.99 Å². The highest BCUT2D eigenvalue weighted by molar-refractivity contribution is 14.0.